The molecule has 5 heteroatoms. The Labute approximate surface area is 105 Å². The first kappa shape index (κ1) is 12.1. The van der Waals surface area contributed by atoms with E-state index in [1.54, 1.807) is 17.5 Å². The van der Waals surface area contributed by atoms with Crippen LogP contribution in [-0.4, -0.2) is 22.2 Å². The molecule has 1 unspecified atom stereocenters. The molecular formula is C12H16N4S. The maximum absolute atomic E-state index is 4.27. The predicted molar refractivity (Wildman–Crippen MR) is 70.0 cm³/mol. The van der Waals surface area contributed by atoms with Crippen molar-refractivity contribution in [1.82, 2.24) is 20.5 Å². The molecule has 1 atom stereocenters. The van der Waals surface area contributed by atoms with Crippen LogP contribution < -0.4 is 5.32 Å². The van der Waals surface area contributed by atoms with Crippen LogP contribution in [0.5, 0.6) is 0 Å². The smallest absolute Gasteiger partial charge is 0.149 e. The number of rotatable bonds is 4. The van der Waals surface area contributed by atoms with Crippen molar-refractivity contribution in [3.63, 3.8) is 0 Å². The number of hydrogen-bond acceptors (Lipinski definition) is 5. The minimum absolute atomic E-state index is 0.290. The van der Waals surface area contributed by atoms with Gasteiger partial charge in [-0.05, 0) is 32.5 Å². The molecule has 2 rings (SSSR count). The molecule has 2 aromatic heterocycles. The second-order valence-electron chi connectivity index (χ2n) is 3.83. The molecule has 0 aliphatic rings. The van der Waals surface area contributed by atoms with E-state index in [1.807, 2.05) is 26.1 Å². The zero-order chi connectivity index (χ0) is 12.3. The van der Waals surface area contributed by atoms with Gasteiger partial charge < -0.3 is 5.32 Å². The molecule has 0 saturated carbocycles. The Kier molecular flexibility index (Phi) is 3.81. The number of aromatic nitrogens is 3. The molecule has 90 valence electrons. The molecular weight excluding hydrogens is 232 g/mol. The summed E-state index contributed by atoms with van der Waals surface area (Å²) >= 11 is 1.63. The van der Waals surface area contributed by atoms with Crippen molar-refractivity contribution >= 4 is 11.3 Å². The van der Waals surface area contributed by atoms with Crippen LogP contribution in [0.1, 0.15) is 30.1 Å². The molecule has 0 bridgehead atoms. The van der Waals surface area contributed by atoms with Crippen molar-refractivity contribution in [2.45, 2.75) is 26.3 Å². The van der Waals surface area contributed by atoms with Crippen molar-refractivity contribution in [2.24, 2.45) is 0 Å². The molecule has 2 aromatic rings. The molecule has 0 aliphatic carbocycles. The largest absolute Gasteiger partial charge is 0.311 e. The summed E-state index contributed by atoms with van der Waals surface area (Å²) < 4.78 is 0. The molecule has 0 aromatic carbocycles. The lowest BCUT2D eigenvalue weighted by Crippen LogP contribution is -2.14. The van der Waals surface area contributed by atoms with Gasteiger partial charge in [0.25, 0.3) is 0 Å². The van der Waals surface area contributed by atoms with Gasteiger partial charge in [-0.25, -0.2) is 0 Å². The van der Waals surface area contributed by atoms with Crippen LogP contribution >= 0.6 is 11.3 Å². The third kappa shape index (κ3) is 2.50. The van der Waals surface area contributed by atoms with Gasteiger partial charge in [-0.1, -0.05) is 18.3 Å². The van der Waals surface area contributed by atoms with Crippen LogP contribution in [0, 0.1) is 6.92 Å². The Morgan fingerprint density at radius 3 is 2.88 bits per heavy atom. The first-order chi connectivity index (χ1) is 8.26. The van der Waals surface area contributed by atoms with Gasteiger partial charge in [0.2, 0.25) is 0 Å². The highest BCUT2D eigenvalue weighted by atomic mass is 32.1. The third-order valence-corrected chi connectivity index (χ3v) is 3.80. The highest BCUT2D eigenvalue weighted by Gasteiger charge is 2.14. The van der Waals surface area contributed by atoms with Crippen LogP contribution in [0.4, 0.5) is 0 Å². The van der Waals surface area contributed by atoms with Crippen LogP contribution in [0.25, 0.3) is 10.6 Å². The maximum atomic E-state index is 4.27. The van der Waals surface area contributed by atoms with E-state index in [9.17, 15) is 0 Å². The second-order valence-corrected chi connectivity index (χ2v) is 4.84. The Morgan fingerprint density at radius 2 is 2.24 bits per heavy atom. The summed E-state index contributed by atoms with van der Waals surface area (Å²) in [6, 6.07) is 4.25. The monoisotopic (exact) mass is 248 g/mol. The summed E-state index contributed by atoms with van der Waals surface area (Å²) in [5.41, 5.74) is 2.06. The maximum Gasteiger partial charge on any atom is 0.149 e. The van der Waals surface area contributed by atoms with Crippen molar-refractivity contribution < 1.29 is 0 Å². The minimum atomic E-state index is 0.290. The van der Waals surface area contributed by atoms with E-state index in [0.717, 1.165) is 27.7 Å². The number of nitrogens with one attached hydrogen (secondary N) is 1. The van der Waals surface area contributed by atoms with Crippen LogP contribution in [0.15, 0.2) is 18.3 Å². The van der Waals surface area contributed by atoms with Gasteiger partial charge in [-0.2, -0.15) is 0 Å². The fourth-order valence-electron chi connectivity index (χ4n) is 1.70. The molecule has 0 fully saturated rings. The fourth-order valence-corrected chi connectivity index (χ4v) is 2.81. The predicted octanol–water partition coefficient (Wildman–Crippen LogP) is 2.58. The fraction of sp³-hybridized carbons (Fsp3) is 0.417. The Hall–Kier alpha value is -1.33. The number of hydrogen-bond donors (Lipinski definition) is 1. The highest BCUT2D eigenvalue weighted by Crippen LogP contribution is 2.28. The summed E-state index contributed by atoms with van der Waals surface area (Å²) in [5, 5.41) is 13.7. The van der Waals surface area contributed by atoms with E-state index >= 15 is 0 Å². The molecule has 4 nitrogen and oxygen atoms in total. The zero-order valence-corrected chi connectivity index (χ0v) is 11.1. The molecule has 17 heavy (non-hydrogen) atoms. The van der Waals surface area contributed by atoms with Crippen molar-refractivity contribution in [3.8, 4) is 10.6 Å². The van der Waals surface area contributed by atoms with E-state index in [4.69, 9.17) is 0 Å². The minimum Gasteiger partial charge on any atom is -0.311 e. The number of aryl methyl sites for hydroxylation is 1. The number of nitrogens with zero attached hydrogens (tertiary/aromatic N) is 3. The Bertz CT molecular complexity index is 491. The van der Waals surface area contributed by atoms with E-state index in [2.05, 4.69) is 27.4 Å². The average molecular weight is 248 g/mol. The Morgan fingerprint density at radius 1 is 1.41 bits per heavy atom. The molecule has 0 radical (unpaired) electrons. The topological polar surface area (TPSA) is 50.7 Å². The van der Waals surface area contributed by atoms with Gasteiger partial charge in [-0.15, -0.1) is 10.2 Å². The van der Waals surface area contributed by atoms with Gasteiger partial charge in [0.15, 0.2) is 0 Å². The van der Waals surface area contributed by atoms with Gasteiger partial charge in [-0.3, -0.25) is 4.98 Å². The summed E-state index contributed by atoms with van der Waals surface area (Å²) in [4.78, 5) is 4.27. The lowest BCUT2D eigenvalue weighted by Gasteiger charge is -2.08. The molecule has 0 saturated heterocycles. The molecule has 0 amide bonds. The van der Waals surface area contributed by atoms with Crippen LogP contribution in [0.2, 0.25) is 0 Å². The standard InChI is InChI=1S/C12H16N4S/c1-4-10(13-3)12-16-15-11(17-12)9-6-5-7-14-8(9)2/h5-7,10,13H,4H2,1-3H3. The van der Waals surface area contributed by atoms with E-state index < -0.39 is 0 Å². The van der Waals surface area contributed by atoms with Gasteiger partial charge in [0.05, 0.1) is 6.04 Å². The normalized spacial score (nSPS) is 12.6. The van der Waals surface area contributed by atoms with E-state index in [0.29, 0.717) is 6.04 Å². The number of pyridine rings is 1. The molecule has 0 aliphatic heterocycles. The summed E-state index contributed by atoms with van der Waals surface area (Å²) in [7, 11) is 1.95. The van der Waals surface area contributed by atoms with Gasteiger partial charge in [0.1, 0.15) is 10.0 Å². The Balaban J connectivity index is 2.33. The van der Waals surface area contributed by atoms with Gasteiger partial charge in [0, 0.05) is 17.5 Å². The lowest BCUT2D eigenvalue weighted by atomic mass is 10.2. The van der Waals surface area contributed by atoms with Crippen molar-refractivity contribution in [1.29, 1.82) is 0 Å². The first-order valence-corrected chi connectivity index (χ1v) is 6.50. The molecule has 2 heterocycles. The SMILES string of the molecule is CCC(NC)c1nnc(-c2cccnc2C)s1. The van der Waals surface area contributed by atoms with Gasteiger partial charge >= 0.3 is 0 Å². The second kappa shape index (κ2) is 5.33. The third-order valence-electron chi connectivity index (χ3n) is 2.73. The van der Waals surface area contributed by atoms with Crippen LogP contribution in [0.3, 0.4) is 0 Å². The van der Waals surface area contributed by atoms with Crippen LogP contribution in [-0.2, 0) is 0 Å². The van der Waals surface area contributed by atoms with Crippen molar-refractivity contribution in [3.05, 3.63) is 29.0 Å². The molecule has 0 spiro atoms. The highest BCUT2D eigenvalue weighted by molar-refractivity contribution is 7.14. The first-order valence-electron chi connectivity index (χ1n) is 5.69. The van der Waals surface area contributed by atoms with E-state index in [1.165, 1.54) is 0 Å². The zero-order valence-electron chi connectivity index (χ0n) is 10.3. The summed E-state index contributed by atoms with van der Waals surface area (Å²) in [6.45, 7) is 4.13. The summed E-state index contributed by atoms with van der Waals surface area (Å²) in [6.07, 6.45) is 2.81. The summed E-state index contributed by atoms with van der Waals surface area (Å²) in [5.74, 6) is 0. The average Bonchev–Trinajstić information content (AvgIpc) is 2.81. The quantitative estimate of drug-likeness (QED) is 0.903. The lowest BCUT2D eigenvalue weighted by molar-refractivity contribution is 0.568. The van der Waals surface area contributed by atoms with E-state index in [-0.39, 0.29) is 0 Å². The molecule has 1 N–H and O–H groups in total. The van der Waals surface area contributed by atoms with Crippen molar-refractivity contribution in [2.75, 3.05) is 7.05 Å².